The normalized spacial score (nSPS) is 13.2. The molecule has 1 aliphatic carbocycles. The van der Waals surface area contributed by atoms with Gasteiger partial charge in [0.2, 0.25) is 0 Å². The second-order valence-electron chi connectivity index (χ2n) is 3.60. The predicted molar refractivity (Wildman–Crippen MR) is 57.6 cm³/mol. The summed E-state index contributed by atoms with van der Waals surface area (Å²) in [4.78, 5) is 0. The first-order valence-corrected chi connectivity index (χ1v) is 5.06. The number of rotatable bonds is 3. The Hall–Kier alpha value is -1.55. The number of unbranched alkanes of at least 4 members (excludes halogenated alkanes) is 1. The van der Waals surface area contributed by atoms with Gasteiger partial charge in [-0.25, -0.2) is 0 Å². The van der Waals surface area contributed by atoms with E-state index in [-0.39, 0.29) is 0 Å². The van der Waals surface area contributed by atoms with E-state index < -0.39 is 0 Å². The third-order valence-corrected chi connectivity index (χ3v) is 2.67. The number of nitriles is 1. The van der Waals surface area contributed by atoms with E-state index in [4.69, 9.17) is 5.26 Å². The molecule has 0 fully saturated rings. The average Bonchev–Trinajstić information content (AvgIpc) is 2.63. The Morgan fingerprint density at radius 2 is 2.14 bits per heavy atom. The maximum absolute atomic E-state index is 8.47. The first kappa shape index (κ1) is 9.02. The summed E-state index contributed by atoms with van der Waals surface area (Å²) in [5, 5.41) is 8.47. The number of benzene rings is 1. The average molecular weight is 183 g/mol. The number of hydrogen-bond donors (Lipinski definition) is 0. The van der Waals surface area contributed by atoms with Gasteiger partial charge in [-0.1, -0.05) is 30.3 Å². The van der Waals surface area contributed by atoms with Gasteiger partial charge in [0.05, 0.1) is 6.07 Å². The van der Waals surface area contributed by atoms with Gasteiger partial charge in [-0.2, -0.15) is 5.26 Å². The fourth-order valence-electron chi connectivity index (χ4n) is 1.95. The number of hydrogen-bond acceptors (Lipinski definition) is 1. The van der Waals surface area contributed by atoms with Crippen molar-refractivity contribution in [3.63, 3.8) is 0 Å². The van der Waals surface area contributed by atoms with E-state index in [0.717, 1.165) is 19.3 Å². The van der Waals surface area contributed by atoms with Crippen LogP contribution in [0.2, 0.25) is 0 Å². The van der Waals surface area contributed by atoms with Crippen molar-refractivity contribution in [2.75, 3.05) is 0 Å². The molecule has 1 aliphatic rings. The molecular formula is C13H13N. The van der Waals surface area contributed by atoms with Crippen LogP contribution in [0.5, 0.6) is 0 Å². The third kappa shape index (κ3) is 1.70. The molecule has 0 saturated heterocycles. The topological polar surface area (TPSA) is 23.8 Å². The van der Waals surface area contributed by atoms with Gasteiger partial charge in [-0.15, -0.1) is 0 Å². The molecule has 0 aliphatic heterocycles. The van der Waals surface area contributed by atoms with Crippen molar-refractivity contribution in [3.05, 3.63) is 41.5 Å². The van der Waals surface area contributed by atoms with Crippen LogP contribution in [0.15, 0.2) is 30.3 Å². The highest BCUT2D eigenvalue weighted by Gasteiger charge is 2.11. The molecule has 14 heavy (non-hydrogen) atoms. The van der Waals surface area contributed by atoms with Crippen LogP contribution in [0.1, 0.15) is 30.4 Å². The molecule has 1 nitrogen and oxygen atoms in total. The van der Waals surface area contributed by atoms with E-state index in [0.29, 0.717) is 6.42 Å². The minimum atomic E-state index is 0.666. The Kier molecular flexibility index (Phi) is 2.65. The second kappa shape index (κ2) is 4.11. The fourth-order valence-corrected chi connectivity index (χ4v) is 1.95. The Bertz CT molecular complexity index is 396. The Balaban J connectivity index is 2.06. The van der Waals surface area contributed by atoms with Crippen molar-refractivity contribution >= 4 is 5.57 Å². The molecule has 70 valence electrons. The van der Waals surface area contributed by atoms with Crippen molar-refractivity contribution < 1.29 is 0 Å². The molecule has 1 aromatic rings. The zero-order chi connectivity index (χ0) is 9.80. The zero-order valence-electron chi connectivity index (χ0n) is 8.16. The van der Waals surface area contributed by atoms with E-state index in [2.05, 4.69) is 36.4 Å². The van der Waals surface area contributed by atoms with Crippen molar-refractivity contribution in [3.8, 4) is 6.07 Å². The molecular weight excluding hydrogens is 170 g/mol. The van der Waals surface area contributed by atoms with Crippen molar-refractivity contribution in [2.45, 2.75) is 25.7 Å². The van der Waals surface area contributed by atoms with Gasteiger partial charge < -0.3 is 0 Å². The van der Waals surface area contributed by atoms with Crippen molar-refractivity contribution in [1.82, 2.24) is 0 Å². The predicted octanol–water partition coefficient (Wildman–Crippen LogP) is 3.32. The van der Waals surface area contributed by atoms with Crippen molar-refractivity contribution in [2.24, 2.45) is 0 Å². The summed E-state index contributed by atoms with van der Waals surface area (Å²) in [5.41, 5.74) is 4.25. The SMILES string of the molecule is N#CCCCC1=CCc2ccccc21. The lowest BCUT2D eigenvalue weighted by atomic mass is 10.0. The Morgan fingerprint density at radius 3 is 3.00 bits per heavy atom. The largest absolute Gasteiger partial charge is 0.198 e. The Morgan fingerprint density at radius 1 is 1.29 bits per heavy atom. The van der Waals surface area contributed by atoms with Gasteiger partial charge >= 0.3 is 0 Å². The van der Waals surface area contributed by atoms with Gasteiger partial charge in [-0.3, -0.25) is 0 Å². The molecule has 1 heteroatoms. The lowest BCUT2D eigenvalue weighted by molar-refractivity contribution is 0.889. The molecule has 0 atom stereocenters. The summed E-state index contributed by atoms with van der Waals surface area (Å²) < 4.78 is 0. The van der Waals surface area contributed by atoms with E-state index in [1.54, 1.807) is 0 Å². The van der Waals surface area contributed by atoms with Crippen LogP contribution in [0.4, 0.5) is 0 Å². The van der Waals surface area contributed by atoms with Gasteiger partial charge in [0.1, 0.15) is 0 Å². The summed E-state index contributed by atoms with van der Waals surface area (Å²) in [7, 11) is 0. The summed E-state index contributed by atoms with van der Waals surface area (Å²) in [6.07, 6.45) is 6.06. The first-order chi connectivity index (χ1) is 6.92. The number of allylic oxidation sites excluding steroid dienone is 2. The molecule has 0 bridgehead atoms. The summed E-state index contributed by atoms with van der Waals surface area (Å²) in [6.45, 7) is 0. The second-order valence-corrected chi connectivity index (χ2v) is 3.60. The van der Waals surface area contributed by atoms with Crippen LogP contribution in [-0.2, 0) is 6.42 Å². The van der Waals surface area contributed by atoms with Gasteiger partial charge in [0.25, 0.3) is 0 Å². The highest BCUT2D eigenvalue weighted by Crippen LogP contribution is 2.30. The highest BCUT2D eigenvalue weighted by atomic mass is 14.2. The fraction of sp³-hybridized carbons (Fsp3) is 0.308. The van der Waals surface area contributed by atoms with E-state index in [1.807, 2.05) is 0 Å². The summed E-state index contributed by atoms with van der Waals surface area (Å²) in [6, 6.07) is 10.7. The lowest BCUT2D eigenvalue weighted by Crippen LogP contribution is -1.84. The highest BCUT2D eigenvalue weighted by molar-refractivity contribution is 5.72. The minimum Gasteiger partial charge on any atom is -0.198 e. The summed E-state index contributed by atoms with van der Waals surface area (Å²) >= 11 is 0. The van der Waals surface area contributed by atoms with Crippen LogP contribution in [-0.4, -0.2) is 0 Å². The molecule has 0 amide bonds. The van der Waals surface area contributed by atoms with Crippen LogP contribution >= 0.6 is 0 Å². The molecule has 0 aromatic heterocycles. The van der Waals surface area contributed by atoms with E-state index in [9.17, 15) is 0 Å². The van der Waals surface area contributed by atoms with Gasteiger partial charge in [-0.05, 0) is 36.0 Å². The molecule has 0 unspecified atom stereocenters. The number of nitrogens with zero attached hydrogens (tertiary/aromatic N) is 1. The molecule has 0 spiro atoms. The first-order valence-electron chi connectivity index (χ1n) is 5.06. The zero-order valence-corrected chi connectivity index (χ0v) is 8.16. The van der Waals surface area contributed by atoms with Crippen LogP contribution in [0.3, 0.4) is 0 Å². The van der Waals surface area contributed by atoms with Gasteiger partial charge in [0.15, 0.2) is 0 Å². The van der Waals surface area contributed by atoms with E-state index >= 15 is 0 Å². The monoisotopic (exact) mass is 183 g/mol. The maximum Gasteiger partial charge on any atom is 0.0621 e. The Labute approximate surface area is 84.7 Å². The summed E-state index contributed by atoms with van der Waals surface area (Å²) in [5.74, 6) is 0. The molecule has 0 N–H and O–H groups in total. The standard InChI is InChI=1S/C13H13N/c14-10-4-3-6-12-9-8-11-5-1-2-7-13(11)12/h1-2,5,7,9H,3-4,6,8H2. The third-order valence-electron chi connectivity index (χ3n) is 2.67. The minimum absolute atomic E-state index is 0.666. The molecule has 2 rings (SSSR count). The van der Waals surface area contributed by atoms with Crippen molar-refractivity contribution in [1.29, 1.82) is 5.26 Å². The molecule has 0 radical (unpaired) electrons. The quantitative estimate of drug-likeness (QED) is 0.659. The lowest BCUT2D eigenvalue weighted by Gasteiger charge is -2.03. The van der Waals surface area contributed by atoms with Gasteiger partial charge in [0, 0.05) is 6.42 Å². The van der Waals surface area contributed by atoms with Crippen LogP contribution in [0, 0.1) is 11.3 Å². The molecule has 0 saturated carbocycles. The van der Waals surface area contributed by atoms with Crippen LogP contribution in [0.25, 0.3) is 5.57 Å². The smallest absolute Gasteiger partial charge is 0.0621 e. The maximum atomic E-state index is 8.47. The molecule has 1 aromatic carbocycles. The van der Waals surface area contributed by atoms with E-state index in [1.165, 1.54) is 16.7 Å². The number of fused-ring (bicyclic) bond motifs is 1. The van der Waals surface area contributed by atoms with Crippen LogP contribution < -0.4 is 0 Å². The molecule has 0 heterocycles.